The number of likely N-dealkylation sites (N-methyl/N-ethyl adjacent to an activating group) is 2. The second kappa shape index (κ2) is 18.3. The predicted octanol–water partition coefficient (Wildman–Crippen LogP) is 0.0411. The second-order valence-electron chi connectivity index (χ2n) is 4.85. The molecular formula is C15H35N3O4. The van der Waals surface area contributed by atoms with E-state index in [0.717, 1.165) is 19.6 Å². The van der Waals surface area contributed by atoms with E-state index in [-0.39, 0.29) is 6.61 Å². The Morgan fingerprint density at radius 1 is 0.818 bits per heavy atom. The summed E-state index contributed by atoms with van der Waals surface area (Å²) in [5, 5.41) is 0. The van der Waals surface area contributed by atoms with E-state index in [0.29, 0.717) is 33.0 Å². The van der Waals surface area contributed by atoms with Gasteiger partial charge in [-0.3, -0.25) is 4.79 Å². The van der Waals surface area contributed by atoms with Gasteiger partial charge in [0.2, 0.25) is 5.91 Å². The van der Waals surface area contributed by atoms with E-state index < -0.39 is 5.91 Å². The standard InChI is InChI=1S/C13H29N3O4.C2H6/c1-15(2)4-5-16(3)6-7-18-8-9-19-10-11-20-12-13(14)17;1-2/h4-12H2,1-3H3,(H2,14,17);1-2H3. The zero-order valence-electron chi connectivity index (χ0n) is 15.0. The number of carbonyl (C=O) groups excluding carboxylic acids is 1. The van der Waals surface area contributed by atoms with Gasteiger partial charge in [0.05, 0.1) is 33.0 Å². The van der Waals surface area contributed by atoms with Gasteiger partial charge >= 0.3 is 0 Å². The van der Waals surface area contributed by atoms with Crippen LogP contribution in [-0.2, 0) is 19.0 Å². The van der Waals surface area contributed by atoms with Crippen LogP contribution < -0.4 is 5.73 Å². The van der Waals surface area contributed by atoms with Crippen molar-refractivity contribution in [3.05, 3.63) is 0 Å². The molecule has 0 aromatic heterocycles. The molecule has 0 heterocycles. The molecule has 0 aromatic carbocycles. The molecular weight excluding hydrogens is 286 g/mol. The van der Waals surface area contributed by atoms with Crippen LogP contribution >= 0.6 is 0 Å². The third-order valence-corrected chi connectivity index (χ3v) is 2.53. The molecule has 22 heavy (non-hydrogen) atoms. The van der Waals surface area contributed by atoms with Crippen LogP contribution in [0.15, 0.2) is 0 Å². The molecule has 7 heteroatoms. The first kappa shape index (κ1) is 23.5. The highest BCUT2D eigenvalue weighted by Crippen LogP contribution is 1.86. The number of carbonyl (C=O) groups is 1. The van der Waals surface area contributed by atoms with Crippen molar-refractivity contribution >= 4 is 5.91 Å². The maximum Gasteiger partial charge on any atom is 0.243 e. The highest BCUT2D eigenvalue weighted by atomic mass is 16.5. The number of amides is 1. The van der Waals surface area contributed by atoms with Crippen LogP contribution in [-0.4, -0.2) is 96.1 Å². The highest BCUT2D eigenvalue weighted by molar-refractivity contribution is 5.74. The quantitative estimate of drug-likeness (QED) is 0.455. The van der Waals surface area contributed by atoms with Crippen LogP contribution in [0.1, 0.15) is 13.8 Å². The van der Waals surface area contributed by atoms with Gasteiger partial charge in [-0.2, -0.15) is 0 Å². The fourth-order valence-electron chi connectivity index (χ4n) is 1.32. The monoisotopic (exact) mass is 321 g/mol. The van der Waals surface area contributed by atoms with E-state index in [2.05, 4.69) is 30.9 Å². The topological polar surface area (TPSA) is 77.3 Å². The second-order valence-corrected chi connectivity index (χ2v) is 4.85. The molecule has 0 radical (unpaired) electrons. The van der Waals surface area contributed by atoms with Crippen molar-refractivity contribution in [3.8, 4) is 0 Å². The number of nitrogens with zero attached hydrogens (tertiary/aromatic N) is 2. The van der Waals surface area contributed by atoms with Gasteiger partial charge in [0, 0.05) is 19.6 Å². The molecule has 1 amide bonds. The lowest BCUT2D eigenvalue weighted by molar-refractivity contribution is -0.123. The Bertz CT molecular complexity index is 241. The number of primary amides is 1. The summed E-state index contributed by atoms with van der Waals surface area (Å²) >= 11 is 0. The fraction of sp³-hybridized carbons (Fsp3) is 0.933. The summed E-state index contributed by atoms with van der Waals surface area (Å²) < 4.78 is 15.7. The maximum absolute atomic E-state index is 10.4. The Morgan fingerprint density at radius 3 is 1.82 bits per heavy atom. The average Bonchev–Trinajstić information content (AvgIpc) is 2.48. The van der Waals surface area contributed by atoms with E-state index >= 15 is 0 Å². The van der Waals surface area contributed by atoms with Crippen molar-refractivity contribution < 1.29 is 19.0 Å². The summed E-state index contributed by atoms with van der Waals surface area (Å²) in [6.07, 6.45) is 0. The van der Waals surface area contributed by atoms with Crippen molar-refractivity contribution in [2.75, 3.05) is 80.4 Å². The smallest absolute Gasteiger partial charge is 0.243 e. The first-order valence-corrected chi connectivity index (χ1v) is 7.87. The summed E-state index contributed by atoms with van der Waals surface area (Å²) in [4.78, 5) is 14.8. The number of hydrogen-bond acceptors (Lipinski definition) is 6. The van der Waals surface area contributed by atoms with Crippen LogP contribution in [0.5, 0.6) is 0 Å². The number of nitrogens with two attached hydrogens (primary N) is 1. The van der Waals surface area contributed by atoms with Crippen molar-refractivity contribution in [1.29, 1.82) is 0 Å². The largest absolute Gasteiger partial charge is 0.378 e. The molecule has 2 N–H and O–H groups in total. The Kier molecular flexibility index (Phi) is 19.6. The van der Waals surface area contributed by atoms with Gasteiger partial charge in [-0.1, -0.05) is 13.8 Å². The van der Waals surface area contributed by atoms with E-state index in [1.54, 1.807) is 0 Å². The molecule has 0 saturated carbocycles. The zero-order valence-corrected chi connectivity index (χ0v) is 15.0. The summed E-state index contributed by atoms with van der Waals surface area (Å²) in [5.74, 6) is -0.466. The van der Waals surface area contributed by atoms with Gasteiger partial charge in [0.1, 0.15) is 6.61 Å². The normalized spacial score (nSPS) is 10.7. The molecule has 0 unspecified atom stereocenters. The van der Waals surface area contributed by atoms with Crippen LogP contribution in [0.3, 0.4) is 0 Å². The lowest BCUT2D eigenvalue weighted by Crippen LogP contribution is -2.31. The molecule has 0 aliphatic rings. The summed E-state index contributed by atoms with van der Waals surface area (Å²) in [5.41, 5.74) is 4.92. The van der Waals surface area contributed by atoms with Crippen molar-refractivity contribution in [2.24, 2.45) is 5.73 Å². The molecule has 0 atom stereocenters. The molecule has 0 aliphatic heterocycles. The molecule has 0 fully saturated rings. The third kappa shape index (κ3) is 21.6. The summed E-state index contributed by atoms with van der Waals surface area (Å²) in [6, 6.07) is 0. The SMILES string of the molecule is CC.CN(C)CCN(C)CCOCCOCCOCC(N)=O. The number of hydrogen-bond donors (Lipinski definition) is 1. The van der Waals surface area contributed by atoms with Crippen molar-refractivity contribution in [3.63, 3.8) is 0 Å². The lowest BCUT2D eigenvalue weighted by Gasteiger charge is -2.19. The lowest BCUT2D eigenvalue weighted by atomic mass is 10.5. The minimum atomic E-state index is -0.466. The van der Waals surface area contributed by atoms with Crippen LogP contribution in [0.25, 0.3) is 0 Å². The summed E-state index contributed by atoms with van der Waals surface area (Å²) in [7, 11) is 6.21. The molecule has 0 spiro atoms. The molecule has 0 aromatic rings. The fourth-order valence-corrected chi connectivity index (χ4v) is 1.32. The van der Waals surface area contributed by atoms with Crippen LogP contribution in [0, 0.1) is 0 Å². The van der Waals surface area contributed by atoms with Gasteiger partial charge in [-0.25, -0.2) is 0 Å². The zero-order chi connectivity index (χ0) is 17.2. The van der Waals surface area contributed by atoms with Crippen LogP contribution in [0.2, 0.25) is 0 Å². The first-order valence-electron chi connectivity index (χ1n) is 7.87. The average molecular weight is 321 g/mol. The minimum absolute atomic E-state index is 0.0564. The maximum atomic E-state index is 10.4. The first-order chi connectivity index (χ1) is 10.5. The molecule has 7 nitrogen and oxygen atoms in total. The summed E-state index contributed by atoms with van der Waals surface area (Å²) in [6.45, 7) is 9.55. The van der Waals surface area contributed by atoms with Crippen LogP contribution in [0.4, 0.5) is 0 Å². The van der Waals surface area contributed by atoms with E-state index in [9.17, 15) is 4.79 Å². The van der Waals surface area contributed by atoms with Crippen molar-refractivity contribution in [2.45, 2.75) is 13.8 Å². The molecule has 134 valence electrons. The highest BCUT2D eigenvalue weighted by Gasteiger charge is 1.99. The van der Waals surface area contributed by atoms with Gasteiger partial charge in [0.15, 0.2) is 0 Å². The van der Waals surface area contributed by atoms with Crippen molar-refractivity contribution in [1.82, 2.24) is 9.80 Å². The van der Waals surface area contributed by atoms with Gasteiger partial charge in [-0.05, 0) is 21.1 Å². The minimum Gasteiger partial charge on any atom is -0.378 e. The van der Waals surface area contributed by atoms with Gasteiger partial charge in [-0.15, -0.1) is 0 Å². The van der Waals surface area contributed by atoms with Gasteiger partial charge in [0.25, 0.3) is 0 Å². The molecule has 0 aliphatic carbocycles. The predicted molar refractivity (Wildman–Crippen MR) is 89.1 cm³/mol. The number of rotatable bonds is 14. The van der Waals surface area contributed by atoms with E-state index in [4.69, 9.17) is 19.9 Å². The Hall–Kier alpha value is -0.730. The third-order valence-electron chi connectivity index (χ3n) is 2.53. The van der Waals surface area contributed by atoms with E-state index in [1.807, 2.05) is 13.8 Å². The Labute approximate surface area is 135 Å². The molecule has 0 bridgehead atoms. The molecule has 0 rings (SSSR count). The Balaban J connectivity index is 0. The van der Waals surface area contributed by atoms with Gasteiger partial charge < -0.3 is 29.7 Å². The Morgan fingerprint density at radius 2 is 1.32 bits per heavy atom. The molecule has 0 saturated heterocycles. The van der Waals surface area contributed by atoms with E-state index in [1.165, 1.54) is 0 Å². The number of ether oxygens (including phenoxy) is 3.